The summed E-state index contributed by atoms with van der Waals surface area (Å²) in [5, 5.41) is 9.30. The van der Waals surface area contributed by atoms with E-state index in [1.165, 1.54) is 0 Å². The number of ether oxygens (including phenoxy) is 1. The number of thiocarbonyl (C=S) groups is 1. The maximum Gasteiger partial charge on any atom is 0.217 e. The van der Waals surface area contributed by atoms with Crippen molar-refractivity contribution in [3.8, 4) is 5.75 Å². The van der Waals surface area contributed by atoms with Crippen molar-refractivity contribution >= 4 is 40.5 Å². The maximum absolute atomic E-state index is 5.97. The summed E-state index contributed by atoms with van der Waals surface area (Å²) in [5.41, 5.74) is 0. The lowest BCUT2D eigenvalue weighted by Gasteiger charge is -2.18. The van der Waals surface area contributed by atoms with Crippen LogP contribution in [0.15, 0.2) is 28.4 Å². The number of nitrogens with zero attached hydrogens (tertiary/aromatic N) is 3. The van der Waals surface area contributed by atoms with E-state index in [9.17, 15) is 0 Å². The largest absolute Gasteiger partial charge is 0.488 e. The molecule has 1 unspecified atom stereocenters. The summed E-state index contributed by atoms with van der Waals surface area (Å²) < 4.78 is 5.55. The van der Waals surface area contributed by atoms with E-state index in [1.54, 1.807) is 23.1 Å². The van der Waals surface area contributed by atoms with Gasteiger partial charge < -0.3 is 9.64 Å². The van der Waals surface area contributed by atoms with Crippen LogP contribution < -0.4 is 4.74 Å². The molecule has 0 saturated heterocycles. The van der Waals surface area contributed by atoms with Gasteiger partial charge in [-0.25, -0.2) is 0 Å². The second kappa shape index (κ2) is 5.16. The lowest BCUT2D eigenvalue weighted by atomic mass is 10.3. The Morgan fingerprint density at radius 3 is 2.88 bits per heavy atom. The molecule has 0 radical (unpaired) electrons. The van der Waals surface area contributed by atoms with Gasteiger partial charge >= 0.3 is 0 Å². The third-order valence-electron chi connectivity index (χ3n) is 2.31. The van der Waals surface area contributed by atoms with Crippen LogP contribution in [0.5, 0.6) is 5.75 Å². The first-order valence-electron chi connectivity index (χ1n) is 4.83. The molecular weight excluding hydrogens is 281 g/mol. The molecule has 1 aromatic carbocycles. The van der Waals surface area contributed by atoms with Crippen LogP contribution >= 0.6 is 35.4 Å². The Morgan fingerprint density at radius 2 is 2.24 bits per heavy atom. The van der Waals surface area contributed by atoms with Crippen molar-refractivity contribution in [3.05, 3.63) is 28.2 Å². The second-order valence-corrected chi connectivity index (χ2v) is 4.68. The smallest absolute Gasteiger partial charge is 0.217 e. The molecule has 0 aliphatic carbocycles. The summed E-state index contributed by atoms with van der Waals surface area (Å²) in [5.74, 6) is 0.528. The van der Waals surface area contributed by atoms with E-state index in [0.29, 0.717) is 27.5 Å². The van der Waals surface area contributed by atoms with E-state index in [4.69, 9.17) is 40.2 Å². The minimum absolute atomic E-state index is 0.211. The average Bonchev–Trinajstić information content (AvgIpc) is 2.62. The molecule has 1 aliphatic heterocycles. The zero-order valence-electron chi connectivity index (χ0n) is 8.93. The van der Waals surface area contributed by atoms with Crippen molar-refractivity contribution in [2.45, 2.75) is 6.17 Å². The van der Waals surface area contributed by atoms with Gasteiger partial charge in [0.05, 0.1) is 5.02 Å². The molecule has 0 saturated carbocycles. The van der Waals surface area contributed by atoms with Gasteiger partial charge in [0.25, 0.3) is 0 Å². The number of hydrogen-bond acceptors (Lipinski definition) is 3. The predicted molar refractivity (Wildman–Crippen MR) is 71.0 cm³/mol. The first-order chi connectivity index (χ1) is 8.08. The Kier molecular flexibility index (Phi) is 3.81. The molecule has 0 N–H and O–H groups in total. The Morgan fingerprint density at radius 1 is 1.47 bits per heavy atom. The molecule has 7 heteroatoms. The van der Waals surface area contributed by atoms with Crippen LogP contribution in [0.4, 0.5) is 0 Å². The minimum Gasteiger partial charge on any atom is -0.488 e. The summed E-state index contributed by atoms with van der Waals surface area (Å²) in [4.78, 5) is 1.76. The van der Waals surface area contributed by atoms with Gasteiger partial charge in [0, 0.05) is 18.1 Å². The van der Waals surface area contributed by atoms with E-state index >= 15 is 0 Å². The van der Waals surface area contributed by atoms with Crippen LogP contribution in [0.3, 0.4) is 0 Å². The highest BCUT2D eigenvalue weighted by molar-refractivity contribution is 7.80. The monoisotopic (exact) mass is 289 g/mol. The van der Waals surface area contributed by atoms with Gasteiger partial charge in [0.1, 0.15) is 12.4 Å². The summed E-state index contributed by atoms with van der Waals surface area (Å²) in [7, 11) is 1.82. The summed E-state index contributed by atoms with van der Waals surface area (Å²) >= 11 is 16.8. The van der Waals surface area contributed by atoms with E-state index < -0.39 is 0 Å². The fourth-order valence-corrected chi connectivity index (χ4v) is 1.79. The third kappa shape index (κ3) is 2.86. The fourth-order valence-electron chi connectivity index (χ4n) is 1.29. The molecule has 1 atom stereocenters. The van der Waals surface area contributed by atoms with Gasteiger partial charge in [-0.1, -0.05) is 23.2 Å². The van der Waals surface area contributed by atoms with Gasteiger partial charge in [-0.05, 0) is 24.4 Å². The van der Waals surface area contributed by atoms with E-state index in [1.807, 2.05) is 7.05 Å². The van der Waals surface area contributed by atoms with Crippen LogP contribution in [0.25, 0.3) is 0 Å². The standard InChI is InChI=1S/C10H9Cl2N3OS/c1-15-9(13-14-10(15)17)5-16-8-4-6(11)2-3-7(8)12/h2-4,9H,5H2,1H3. The minimum atomic E-state index is -0.211. The summed E-state index contributed by atoms with van der Waals surface area (Å²) in [6.45, 7) is 0.320. The molecular formula is C10H9Cl2N3OS. The highest BCUT2D eigenvalue weighted by Gasteiger charge is 2.23. The fraction of sp³-hybridized carbons (Fsp3) is 0.300. The van der Waals surface area contributed by atoms with Crippen LogP contribution in [0.1, 0.15) is 0 Å². The maximum atomic E-state index is 5.97. The number of likely N-dealkylation sites (N-methyl/N-ethyl adjacent to an activating group) is 1. The van der Waals surface area contributed by atoms with Crippen molar-refractivity contribution in [3.63, 3.8) is 0 Å². The van der Waals surface area contributed by atoms with E-state index in [-0.39, 0.29) is 6.17 Å². The molecule has 1 aromatic rings. The first kappa shape index (κ1) is 12.5. The number of rotatable bonds is 3. The lowest BCUT2D eigenvalue weighted by molar-refractivity contribution is 0.229. The van der Waals surface area contributed by atoms with Gasteiger partial charge in [-0.2, -0.15) is 5.11 Å². The number of azo groups is 1. The van der Waals surface area contributed by atoms with Crippen LogP contribution in [-0.4, -0.2) is 29.8 Å². The quantitative estimate of drug-likeness (QED) is 0.801. The molecule has 0 aromatic heterocycles. The molecule has 1 heterocycles. The van der Waals surface area contributed by atoms with E-state index in [0.717, 1.165) is 0 Å². The topological polar surface area (TPSA) is 37.2 Å². The van der Waals surface area contributed by atoms with Crippen LogP contribution in [0.2, 0.25) is 10.0 Å². The zero-order chi connectivity index (χ0) is 12.4. The van der Waals surface area contributed by atoms with Crippen LogP contribution in [0, 0.1) is 0 Å². The number of benzene rings is 1. The Labute approximate surface area is 114 Å². The SMILES string of the molecule is CN1C(=S)N=NC1COc1cc(Cl)ccc1Cl. The van der Waals surface area contributed by atoms with Gasteiger partial charge in [-0.3, -0.25) is 0 Å². The zero-order valence-corrected chi connectivity index (χ0v) is 11.3. The van der Waals surface area contributed by atoms with Gasteiger partial charge in [0.15, 0.2) is 6.17 Å². The molecule has 0 spiro atoms. The van der Waals surface area contributed by atoms with Crippen LogP contribution in [-0.2, 0) is 0 Å². The van der Waals surface area contributed by atoms with Crippen molar-refractivity contribution in [1.29, 1.82) is 0 Å². The molecule has 0 fully saturated rings. The van der Waals surface area contributed by atoms with Gasteiger partial charge in [0.2, 0.25) is 5.11 Å². The van der Waals surface area contributed by atoms with Crippen molar-refractivity contribution < 1.29 is 4.74 Å². The van der Waals surface area contributed by atoms with Crippen molar-refractivity contribution in [1.82, 2.24) is 4.90 Å². The Hall–Kier alpha value is -0.910. The highest BCUT2D eigenvalue weighted by atomic mass is 35.5. The second-order valence-electron chi connectivity index (χ2n) is 3.48. The molecule has 0 amide bonds. The molecule has 0 bridgehead atoms. The molecule has 2 rings (SSSR count). The Balaban J connectivity index is 2.01. The predicted octanol–water partition coefficient (Wildman–Crippen LogP) is 3.38. The summed E-state index contributed by atoms with van der Waals surface area (Å²) in [6, 6.07) is 5.05. The average molecular weight is 290 g/mol. The Bertz CT molecular complexity index is 481. The first-order valence-corrected chi connectivity index (χ1v) is 6.00. The molecule has 4 nitrogen and oxygen atoms in total. The molecule has 90 valence electrons. The molecule has 1 aliphatic rings. The summed E-state index contributed by atoms with van der Waals surface area (Å²) in [6.07, 6.45) is -0.211. The highest BCUT2D eigenvalue weighted by Crippen LogP contribution is 2.28. The normalized spacial score (nSPS) is 18.9. The number of hydrogen-bond donors (Lipinski definition) is 0. The van der Waals surface area contributed by atoms with E-state index in [2.05, 4.69) is 10.2 Å². The lowest BCUT2D eigenvalue weighted by Crippen LogP contribution is -2.33. The third-order valence-corrected chi connectivity index (χ3v) is 3.22. The van der Waals surface area contributed by atoms with Crippen molar-refractivity contribution in [2.75, 3.05) is 13.7 Å². The number of halogens is 2. The molecule has 17 heavy (non-hydrogen) atoms. The van der Waals surface area contributed by atoms with Crippen molar-refractivity contribution in [2.24, 2.45) is 10.2 Å². The van der Waals surface area contributed by atoms with Gasteiger partial charge in [-0.15, -0.1) is 5.11 Å².